The quantitative estimate of drug-likeness (QED) is 0.535. The van der Waals surface area contributed by atoms with Crippen LogP contribution in [0, 0.1) is 6.92 Å². The smallest absolute Gasteiger partial charge is 0.185 e. The number of carbonyl (C=O) groups excluding carboxylic acids is 1. The number of hydrogen-bond donors (Lipinski definition) is 0. The summed E-state index contributed by atoms with van der Waals surface area (Å²) in [4.78, 5) is 10.7. The first kappa shape index (κ1) is 15.1. The Bertz CT molecular complexity index is 1040. The number of benzene rings is 1. The van der Waals surface area contributed by atoms with Gasteiger partial charge in [-0.3, -0.25) is 9.48 Å². The van der Waals surface area contributed by atoms with Crippen LogP contribution in [0.2, 0.25) is 0 Å². The van der Waals surface area contributed by atoms with Crippen molar-refractivity contribution < 1.29 is 9.21 Å². The van der Waals surface area contributed by atoms with Crippen LogP contribution in [-0.4, -0.2) is 25.8 Å². The van der Waals surface area contributed by atoms with Crippen molar-refractivity contribution in [1.82, 2.24) is 19.6 Å². The van der Waals surface area contributed by atoms with Gasteiger partial charge in [0.2, 0.25) is 0 Å². The second-order valence-corrected chi connectivity index (χ2v) is 5.81. The molecule has 0 saturated carbocycles. The summed E-state index contributed by atoms with van der Waals surface area (Å²) < 4.78 is 9.05. The van der Waals surface area contributed by atoms with Crippen molar-refractivity contribution in [2.24, 2.45) is 7.05 Å². The Morgan fingerprint density at radius 3 is 2.48 bits per heavy atom. The van der Waals surface area contributed by atoms with Gasteiger partial charge in [-0.1, -0.05) is 0 Å². The fraction of sp³-hybridized carbons (Fsp3) is 0.105. The summed E-state index contributed by atoms with van der Waals surface area (Å²) in [5, 5.41) is 8.99. The van der Waals surface area contributed by atoms with Crippen molar-refractivity contribution in [1.29, 1.82) is 0 Å². The maximum atomic E-state index is 10.7. The van der Waals surface area contributed by atoms with Crippen LogP contribution in [0.25, 0.3) is 28.3 Å². The minimum atomic E-state index is 0.322. The van der Waals surface area contributed by atoms with Gasteiger partial charge in [0.15, 0.2) is 12.0 Å². The Kier molecular flexibility index (Phi) is 3.57. The molecular formula is C19H16N4O2. The molecule has 0 N–H and O–H groups in total. The van der Waals surface area contributed by atoms with Crippen molar-refractivity contribution in [2.45, 2.75) is 6.92 Å². The lowest BCUT2D eigenvalue weighted by Crippen LogP contribution is -1.94. The van der Waals surface area contributed by atoms with E-state index in [9.17, 15) is 4.79 Å². The zero-order chi connectivity index (χ0) is 17.4. The number of furan rings is 1. The Balaban J connectivity index is 1.62. The normalized spacial score (nSPS) is 11.0. The van der Waals surface area contributed by atoms with Gasteiger partial charge in [0, 0.05) is 30.6 Å². The molecule has 0 aliphatic heterocycles. The molecule has 4 aromatic rings. The number of aryl methyl sites for hydroxylation is 2. The van der Waals surface area contributed by atoms with Crippen LogP contribution in [0.3, 0.4) is 0 Å². The topological polar surface area (TPSA) is 65.8 Å². The molecule has 0 radical (unpaired) electrons. The summed E-state index contributed by atoms with van der Waals surface area (Å²) in [5.41, 5.74) is 4.71. The van der Waals surface area contributed by atoms with Gasteiger partial charge >= 0.3 is 0 Å². The first-order valence-electron chi connectivity index (χ1n) is 7.86. The number of aldehydes is 1. The summed E-state index contributed by atoms with van der Waals surface area (Å²) in [6.07, 6.45) is 4.59. The van der Waals surface area contributed by atoms with Gasteiger partial charge in [0.05, 0.1) is 17.1 Å². The number of hydrogen-bond acceptors (Lipinski definition) is 4. The summed E-state index contributed by atoms with van der Waals surface area (Å²) >= 11 is 0. The molecule has 0 spiro atoms. The predicted molar refractivity (Wildman–Crippen MR) is 93.6 cm³/mol. The summed E-state index contributed by atoms with van der Waals surface area (Å²) in [6.45, 7) is 1.97. The number of aromatic nitrogens is 4. The maximum Gasteiger partial charge on any atom is 0.185 e. The summed E-state index contributed by atoms with van der Waals surface area (Å²) in [6, 6.07) is 13.2. The summed E-state index contributed by atoms with van der Waals surface area (Å²) in [7, 11) is 1.90. The number of carbonyl (C=O) groups is 1. The monoisotopic (exact) mass is 332 g/mol. The third-order valence-corrected chi connectivity index (χ3v) is 4.04. The lowest BCUT2D eigenvalue weighted by Gasteiger charge is -2.03. The Labute approximate surface area is 144 Å². The van der Waals surface area contributed by atoms with Crippen LogP contribution in [-0.2, 0) is 7.05 Å². The minimum absolute atomic E-state index is 0.322. The van der Waals surface area contributed by atoms with Crippen LogP contribution in [0.4, 0.5) is 0 Å². The lowest BCUT2D eigenvalue weighted by atomic mass is 10.1. The molecule has 6 heteroatoms. The van der Waals surface area contributed by atoms with Crippen LogP contribution >= 0.6 is 0 Å². The minimum Gasteiger partial charge on any atom is -0.453 e. The van der Waals surface area contributed by atoms with E-state index in [-0.39, 0.29) is 0 Å². The van der Waals surface area contributed by atoms with Crippen molar-refractivity contribution in [3.05, 3.63) is 66.3 Å². The number of nitrogens with zero attached hydrogens (tertiary/aromatic N) is 4. The molecule has 0 unspecified atom stereocenters. The lowest BCUT2D eigenvalue weighted by molar-refractivity contribution is 0.110. The first-order chi connectivity index (χ1) is 12.1. The fourth-order valence-corrected chi connectivity index (χ4v) is 2.81. The first-order valence-corrected chi connectivity index (χ1v) is 7.86. The SMILES string of the molecule is Cc1nn(C)cc1-c1ccn(-c2ccc(-c3ccc(C=O)o3)cc2)n1. The number of rotatable bonds is 4. The maximum absolute atomic E-state index is 10.7. The van der Waals surface area contributed by atoms with Crippen LogP contribution < -0.4 is 0 Å². The molecule has 6 nitrogen and oxygen atoms in total. The molecule has 1 aromatic carbocycles. The Morgan fingerprint density at radius 1 is 1.04 bits per heavy atom. The van der Waals surface area contributed by atoms with E-state index in [4.69, 9.17) is 4.42 Å². The van der Waals surface area contributed by atoms with Gasteiger partial charge in [0.25, 0.3) is 0 Å². The second kappa shape index (κ2) is 5.90. The average molecular weight is 332 g/mol. The van der Waals surface area contributed by atoms with Gasteiger partial charge in [-0.05, 0) is 49.4 Å². The summed E-state index contributed by atoms with van der Waals surface area (Å²) in [5.74, 6) is 0.989. The molecule has 0 fully saturated rings. The van der Waals surface area contributed by atoms with E-state index >= 15 is 0 Å². The highest BCUT2D eigenvalue weighted by Gasteiger charge is 2.10. The molecular weight excluding hydrogens is 316 g/mol. The van der Waals surface area contributed by atoms with Crippen molar-refractivity contribution in [3.63, 3.8) is 0 Å². The van der Waals surface area contributed by atoms with Crippen molar-refractivity contribution >= 4 is 6.29 Å². The average Bonchev–Trinajstić information content (AvgIpc) is 3.34. The van der Waals surface area contributed by atoms with E-state index in [0.717, 1.165) is 28.2 Å². The third-order valence-electron chi connectivity index (χ3n) is 4.04. The molecule has 124 valence electrons. The molecule has 3 aromatic heterocycles. The van der Waals surface area contributed by atoms with Gasteiger partial charge in [-0.2, -0.15) is 10.2 Å². The molecule has 0 atom stereocenters. The van der Waals surface area contributed by atoms with E-state index < -0.39 is 0 Å². The van der Waals surface area contributed by atoms with Crippen LogP contribution in [0.1, 0.15) is 16.2 Å². The molecule has 0 amide bonds. The van der Waals surface area contributed by atoms with E-state index in [1.807, 2.05) is 61.4 Å². The Morgan fingerprint density at radius 2 is 1.84 bits per heavy atom. The zero-order valence-electron chi connectivity index (χ0n) is 13.9. The van der Waals surface area contributed by atoms with E-state index in [1.165, 1.54) is 0 Å². The molecule has 4 rings (SSSR count). The predicted octanol–water partition coefficient (Wildman–Crippen LogP) is 3.65. The second-order valence-electron chi connectivity index (χ2n) is 5.81. The van der Waals surface area contributed by atoms with Gasteiger partial charge in [-0.25, -0.2) is 4.68 Å². The van der Waals surface area contributed by atoms with Crippen molar-refractivity contribution in [3.8, 4) is 28.3 Å². The van der Waals surface area contributed by atoms with Gasteiger partial charge in [-0.15, -0.1) is 0 Å². The largest absolute Gasteiger partial charge is 0.453 e. The molecule has 0 saturated heterocycles. The van der Waals surface area contributed by atoms with E-state index in [2.05, 4.69) is 10.2 Å². The zero-order valence-corrected chi connectivity index (χ0v) is 13.9. The Hall–Kier alpha value is -3.41. The highest BCUT2D eigenvalue weighted by Crippen LogP contribution is 2.24. The highest BCUT2D eigenvalue weighted by molar-refractivity contribution is 5.73. The molecule has 0 aliphatic rings. The van der Waals surface area contributed by atoms with Crippen LogP contribution in [0.15, 0.2) is 59.3 Å². The molecule has 0 bridgehead atoms. The standard InChI is InChI=1S/C19H16N4O2/c1-13-17(11-22(2)20-13)18-9-10-23(21-18)15-5-3-14(4-6-15)19-8-7-16(12-24)25-19/h3-12H,1-2H3. The molecule has 25 heavy (non-hydrogen) atoms. The van der Waals surface area contributed by atoms with Gasteiger partial charge < -0.3 is 4.42 Å². The molecule has 0 aliphatic carbocycles. The highest BCUT2D eigenvalue weighted by atomic mass is 16.3. The molecule has 3 heterocycles. The van der Waals surface area contributed by atoms with Gasteiger partial charge in [0.1, 0.15) is 5.76 Å². The third kappa shape index (κ3) is 2.78. The van der Waals surface area contributed by atoms with E-state index in [1.54, 1.807) is 16.8 Å². The van der Waals surface area contributed by atoms with Crippen LogP contribution in [0.5, 0.6) is 0 Å². The van der Waals surface area contributed by atoms with Crippen molar-refractivity contribution in [2.75, 3.05) is 0 Å². The fourth-order valence-electron chi connectivity index (χ4n) is 2.81. The van der Waals surface area contributed by atoms with E-state index in [0.29, 0.717) is 17.8 Å².